The predicted molar refractivity (Wildman–Crippen MR) is 73.9 cm³/mol. The van der Waals surface area contributed by atoms with E-state index in [1.165, 1.54) is 24.4 Å². The second kappa shape index (κ2) is 5.91. The van der Waals surface area contributed by atoms with E-state index in [0.717, 1.165) is 5.56 Å². The van der Waals surface area contributed by atoms with E-state index in [0.29, 0.717) is 5.56 Å². The van der Waals surface area contributed by atoms with Crippen LogP contribution in [0.5, 0.6) is 0 Å². The summed E-state index contributed by atoms with van der Waals surface area (Å²) in [5.41, 5.74) is 6.48. The predicted octanol–water partition coefficient (Wildman–Crippen LogP) is 0.742. The number of amides is 2. The minimum absolute atomic E-state index is 0.158. The van der Waals surface area contributed by atoms with Crippen LogP contribution in [0.25, 0.3) is 0 Å². The molecule has 2 amide bonds. The third-order valence-electron chi connectivity index (χ3n) is 2.86. The molecule has 21 heavy (non-hydrogen) atoms. The molecule has 2 aromatic rings. The van der Waals surface area contributed by atoms with Crippen LogP contribution < -0.4 is 11.1 Å². The summed E-state index contributed by atoms with van der Waals surface area (Å²) in [6.45, 7) is 0.246. The number of rotatable bonds is 5. The third-order valence-corrected chi connectivity index (χ3v) is 2.86. The lowest BCUT2D eigenvalue weighted by molar-refractivity contribution is 0.0696. The average molecular weight is 287 g/mol. The van der Waals surface area contributed by atoms with Gasteiger partial charge in [-0.15, -0.1) is 0 Å². The number of carbonyl (C=O) groups excluding carboxylic acids is 2. The number of carboxylic acid groups (broad SMARTS) is 1. The van der Waals surface area contributed by atoms with Gasteiger partial charge in [-0.2, -0.15) is 0 Å². The third kappa shape index (κ3) is 3.47. The van der Waals surface area contributed by atoms with E-state index in [2.05, 4.69) is 10.3 Å². The lowest BCUT2D eigenvalue weighted by atomic mass is 10.1. The fraction of sp³-hybridized carbons (Fsp3) is 0.0714. The zero-order valence-corrected chi connectivity index (χ0v) is 10.9. The Balaban J connectivity index is 1.97. The van der Waals surface area contributed by atoms with Crippen molar-refractivity contribution in [3.8, 4) is 0 Å². The molecule has 0 saturated carbocycles. The number of carbonyl (C=O) groups is 3. The lowest BCUT2D eigenvalue weighted by Gasteiger charge is -2.04. The van der Waals surface area contributed by atoms with E-state index in [1.54, 1.807) is 12.1 Å². The average Bonchev–Trinajstić information content (AvgIpc) is 2.95. The molecule has 2 rings (SSSR count). The minimum atomic E-state index is -1.00. The number of aromatic carboxylic acids is 1. The molecule has 1 aromatic carbocycles. The number of benzene rings is 1. The van der Waals surface area contributed by atoms with Gasteiger partial charge in [0.25, 0.3) is 11.8 Å². The van der Waals surface area contributed by atoms with Gasteiger partial charge in [-0.25, -0.2) is 4.79 Å². The zero-order valence-electron chi connectivity index (χ0n) is 10.9. The number of H-pyrrole nitrogens is 1. The molecule has 0 atom stereocenters. The molecule has 0 bridgehead atoms. The summed E-state index contributed by atoms with van der Waals surface area (Å²) in [7, 11) is 0. The summed E-state index contributed by atoms with van der Waals surface area (Å²) >= 11 is 0. The molecule has 1 heterocycles. The fourth-order valence-electron chi connectivity index (χ4n) is 1.72. The molecule has 0 unspecified atom stereocenters. The van der Waals surface area contributed by atoms with Crippen LogP contribution in [0.15, 0.2) is 36.5 Å². The van der Waals surface area contributed by atoms with Gasteiger partial charge in [-0.1, -0.05) is 12.1 Å². The molecule has 7 heteroatoms. The normalized spacial score (nSPS) is 10.1. The van der Waals surface area contributed by atoms with Crippen LogP contribution in [0.1, 0.15) is 36.8 Å². The van der Waals surface area contributed by atoms with Crippen molar-refractivity contribution in [1.29, 1.82) is 0 Å². The van der Waals surface area contributed by atoms with E-state index in [9.17, 15) is 14.4 Å². The second-order valence-electron chi connectivity index (χ2n) is 4.35. The lowest BCUT2D eigenvalue weighted by Crippen LogP contribution is -2.22. The van der Waals surface area contributed by atoms with Crippen molar-refractivity contribution < 1.29 is 19.5 Å². The summed E-state index contributed by atoms with van der Waals surface area (Å²) in [5, 5.41) is 11.4. The summed E-state index contributed by atoms with van der Waals surface area (Å²) in [4.78, 5) is 36.1. The van der Waals surface area contributed by atoms with Crippen LogP contribution >= 0.6 is 0 Å². The standard InChI is InChI=1S/C14H13N3O4/c15-12(18)11-5-10(7-16-11)13(19)17-6-8-1-3-9(4-2-8)14(20)21/h1-5,7,16H,6H2,(H2,15,18)(H,17,19)(H,20,21). The van der Waals surface area contributed by atoms with E-state index < -0.39 is 11.9 Å². The van der Waals surface area contributed by atoms with Gasteiger partial charge >= 0.3 is 5.97 Å². The smallest absolute Gasteiger partial charge is 0.335 e. The molecule has 0 aliphatic rings. The van der Waals surface area contributed by atoms with Crippen molar-refractivity contribution in [1.82, 2.24) is 10.3 Å². The van der Waals surface area contributed by atoms with E-state index in [1.807, 2.05) is 0 Å². The van der Waals surface area contributed by atoms with Crippen molar-refractivity contribution in [3.63, 3.8) is 0 Å². The molecule has 0 fully saturated rings. The first-order valence-electron chi connectivity index (χ1n) is 6.06. The van der Waals surface area contributed by atoms with Crippen LogP contribution in [0.3, 0.4) is 0 Å². The van der Waals surface area contributed by atoms with Crippen LogP contribution in [0.2, 0.25) is 0 Å². The van der Waals surface area contributed by atoms with Crippen LogP contribution in [0, 0.1) is 0 Å². The summed E-state index contributed by atoms with van der Waals surface area (Å²) in [5.74, 6) is -2.00. The molecule has 108 valence electrons. The van der Waals surface area contributed by atoms with Crippen LogP contribution in [0.4, 0.5) is 0 Å². The Kier molecular flexibility index (Phi) is 4.03. The van der Waals surface area contributed by atoms with Gasteiger partial charge in [-0.05, 0) is 23.8 Å². The molecule has 0 aliphatic heterocycles. The number of nitrogens with one attached hydrogen (secondary N) is 2. The Labute approximate surface area is 119 Å². The first-order valence-corrected chi connectivity index (χ1v) is 6.06. The highest BCUT2D eigenvalue weighted by atomic mass is 16.4. The van der Waals surface area contributed by atoms with Gasteiger partial charge in [0.1, 0.15) is 5.69 Å². The Morgan fingerprint density at radius 2 is 1.81 bits per heavy atom. The van der Waals surface area contributed by atoms with Crippen LogP contribution in [-0.2, 0) is 6.54 Å². The monoisotopic (exact) mass is 287 g/mol. The Morgan fingerprint density at radius 1 is 1.14 bits per heavy atom. The molecule has 0 aliphatic carbocycles. The molecular formula is C14H13N3O4. The fourth-order valence-corrected chi connectivity index (χ4v) is 1.72. The number of hydrogen-bond donors (Lipinski definition) is 4. The highest BCUT2D eigenvalue weighted by molar-refractivity contribution is 5.98. The van der Waals surface area contributed by atoms with Gasteiger partial charge in [0, 0.05) is 12.7 Å². The molecular weight excluding hydrogens is 274 g/mol. The largest absolute Gasteiger partial charge is 0.478 e. The molecule has 1 aromatic heterocycles. The van der Waals surface area contributed by atoms with Gasteiger partial charge in [-0.3, -0.25) is 9.59 Å². The molecule has 0 saturated heterocycles. The number of aromatic amines is 1. The number of nitrogens with two attached hydrogens (primary N) is 1. The van der Waals surface area contributed by atoms with Gasteiger partial charge in [0.05, 0.1) is 11.1 Å². The summed E-state index contributed by atoms with van der Waals surface area (Å²) < 4.78 is 0. The number of carboxylic acids is 1. The van der Waals surface area contributed by atoms with E-state index in [4.69, 9.17) is 10.8 Å². The van der Waals surface area contributed by atoms with Crippen molar-refractivity contribution in [2.24, 2.45) is 5.73 Å². The Hall–Kier alpha value is -3.09. The SMILES string of the molecule is NC(=O)c1cc(C(=O)NCc2ccc(C(=O)O)cc2)c[nH]1. The maximum atomic E-state index is 11.9. The quantitative estimate of drug-likeness (QED) is 0.647. The summed E-state index contributed by atoms with van der Waals surface area (Å²) in [6, 6.07) is 7.53. The highest BCUT2D eigenvalue weighted by Gasteiger charge is 2.10. The van der Waals surface area contributed by atoms with Gasteiger partial charge in [0.15, 0.2) is 0 Å². The van der Waals surface area contributed by atoms with Crippen LogP contribution in [-0.4, -0.2) is 27.9 Å². The number of primary amides is 1. The topological polar surface area (TPSA) is 125 Å². The van der Waals surface area contributed by atoms with Crippen molar-refractivity contribution in [2.75, 3.05) is 0 Å². The second-order valence-corrected chi connectivity index (χ2v) is 4.35. The number of hydrogen-bond acceptors (Lipinski definition) is 3. The number of aromatic nitrogens is 1. The summed E-state index contributed by atoms with van der Waals surface area (Å²) in [6.07, 6.45) is 1.39. The first-order chi connectivity index (χ1) is 9.97. The molecule has 0 spiro atoms. The highest BCUT2D eigenvalue weighted by Crippen LogP contribution is 2.06. The van der Waals surface area contributed by atoms with Crippen molar-refractivity contribution in [3.05, 3.63) is 58.9 Å². The molecule has 7 nitrogen and oxygen atoms in total. The zero-order chi connectivity index (χ0) is 15.4. The maximum Gasteiger partial charge on any atom is 0.335 e. The van der Waals surface area contributed by atoms with Crippen molar-refractivity contribution >= 4 is 17.8 Å². The van der Waals surface area contributed by atoms with Gasteiger partial charge in [0.2, 0.25) is 0 Å². The Morgan fingerprint density at radius 3 is 2.33 bits per heavy atom. The maximum absolute atomic E-state index is 11.9. The molecule has 5 N–H and O–H groups in total. The van der Waals surface area contributed by atoms with Gasteiger partial charge < -0.3 is 21.1 Å². The van der Waals surface area contributed by atoms with E-state index in [-0.39, 0.29) is 23.7 Å². The van der Waals surface area contributed by atoms with Crippen molar-refractivity contribution in [2.45, 2.75) is 6.54 Å². The van der Waals surface area contributed by atoms with E-state index >= 15 is 0 Å². The Bertz CT molecular complexity index is 688. The first kappa shape index (κ1) is 14.3. The minimum Gasteiger partial charge on any atom is -0.478 e. The molecule has 0 radical (unpaired) electrons.